The van der Waals surface area contributed by atoms with Gasteiger partial charge in [-0.15, -0.1) is 0 Å². The molecule has 0 heterocycles. The Morgan fingerprint density at radius 3 is 2.41 bits per heavy atom. The van der Waals surface area contributed by atoms with Crippen molar-refractivity contribution in [3.8, 4) is 0 Å². The first-order valence-corrected chi connectivity index (χ1v) is 6.50. The Hall–Kier alpha value is -1.08. The van der Waals surface area contributed by atoms with Crippen LogP contribution in [0.4, 0.5) is 0 Å². The van der Waals surface area contributed by atoms with E-state index in [1.54, 1.807) is 0 Å². The van der Waals surface area contributed by atoms with Gasteiger partial charge in [0.25, 0.3) is 0 Å². The van der Waals surface area contributed by atoms with Crippen molar-refractivity contribution in [2.45, 2.75) is 46.1 Å². The maximum absolute atomic E-state index is 10.5. The van der Waals surface area contributed by atoms with Gasteiger partial charge in [0, 0.05) is 0 Å². The largest absolute Gasteiger partial charge is 0.388 e. The second-order valence-electron chi connectivity index (χ2n) is 5.28. The van der Waals surface area contributed by atoms with E-state index in [1.165, 1.54) is 16.7 Å². The molecule has 1 aromatic carbocycles. The van der Waals surface area contributed by atoms with Crippen LogP contribution >= 0.6 is 0 Å². The van der Waals surface area contributed by atoms with Crippen LogP contribution in [0.1, 0.15) is 47.6 Å². The van der Waals surface area contributed by atoms with Crippen molar-refractivity contribution < 1.29 is 5.11 Å². The summed E-state index contributed by atoms with van der Waals surface area (Å²) in [4.78, 5) is 0. The molecule has 0 fully saturated rings. The lowest BCUT2D eigenvalue weighted by Crippen LogP contribution is -2.15. The third kappa shape index (κ3) is 2.61. The highest BCUT2D eigenvalue weighted by Crippen LogP contribution is 2.33. The first kappa shape index (κ1) is 12.4. The van der Waals surface area contributed by atoms with Gasteiger partial charge in [-0.2, -0.15) is 0 Å². The van der Waals surface area contributed by atoms with E-state index < -0.39 is 0 Å². The SMILES string of the molecule is Cc1cc(C)c(C(O)C2CC=CCC2)cc1C. The van der Waals surface area contributed by atoms with Crippen LogP contribution in [0, 0.1) is 26.7 Å². The molecule has 92 valence electrons. The normalized spacial score (nSPS) is 21.5. The molecule has 17 heavy (non-hydrogen) atoms. The van der Waals surface area contributed by atoms with E-state index in [0.717, 1.165) is 24.8 Å². The van der Waals surface area contributed by atoms with Gasteiger partial charge in [0.15, 0.2) is 0 Å². The fraction of sp³-hybridized carbons (Fsp3) is 0.500. The molecule has 1 aliphatic carbocycles. The molecule has 0 radical (unpaired) electrons. The topological polar surface area (TPSA) is 20.2 Å². The monoisotopic (exact) mass is 230 g/mol. The Kier molecular flexibility index (Phi) is 3.68. The van der Waals surface area contributed by atoms with Crippen LogP contribution in [0.25, 0.3) is 0 Å². The molecule has 0 amide bonds. The molecular formula is C16H22O. The zero-order valence-corrected chi connectivity index (χ0v) is 11.0. The maximum atomic E-state index is 10.5. The molecular weight excluding hydrogens is 208 g/mol. The lowest BCUT2D eigenvalue weighted by Gasteiger charge is -2.26. The van der Waals surface area contributed by atoms with Gasteiger partial charge in [-0.05, 0) is 68.2 Å². The molecule has 1 heteroatoms. The Morgan fingerprint density at radius 2 is 1.76 bits per heavy atom. The summed E-state index contributed by atoms with van der Waals surface area (Å²) in [5, 5.41) is 10.5. The average Bonchev–Trinajstić information content (AvgIpc) is 2.34. The number of aliphatic hydroxyl groups excluding tert-OH is 1. The van der Waals surface area contributed by atoms with E-state index in [1.807, 2.05) is 0 Å². The maximum Gasteiger partial charge on any atom is 0.0823 e. The fourth-order valence-electron chi connectivity index (χ4n) is 2.66. The Bertz CT molecular complexity index is 431. The second kappa shape index (κ2) is 5.05. The van der Waals surface area contributed by atoms with Crippen LogP contribution in [0.2, 0.25) is 0 Å². The van der Waals surface area contributed by atoms with E-state index in [-0.39, 0.29) is 6.10 Å². The lowest BCUT2D eigenvalue weighted by molar-refractivity contribution is 0.102. The van der Waals surface area contributed by atoms with Gasteiger partial charge in [0.2, 0.25) is 0 Å². The van der Waals surface area contributed by atoms with Gasteiger partial charge >= 0.3 is 0 Å². The lowest BCUT2D eigenvalue weighted by atomic mass is 9.84. The van der Waals surface area contributed by atoms with Crippen LogP contribution in [0.3, 0.4) is 0 Å². The smallest absolute Gasteiger partial charge is 0.0823 e. The van der Waals surface area contributed by atoms with E-state index in [4.69, 9.17) is 0 Å². The van der Waals surface area contributed by atoms with Crippen molar-refractivity contribution in [2.24, 2.45) is 5.92 Å². The zero-order chi connectivity index (χ0) is 12.4. The van der Waals surface area contributed by atoms with Gasteiger partial charge in [0.05, 0.1) is 6.10 Å². The van der Waals surface area contributed by atoms with Crippen LogP contribution in [0.5, 0.6) is 0 Å². The van der Waals surface area contributed by atoms with E-state index in [2.05, 4.69) is 45.1 Å². The number of aryl methyl sites for hydroxylation is 3. The molecule has 1 N–H and O–H groups in total. The van der Waals surface area contributed by atoms with E-state index in [9.17, 15) is 5.11 Å². The molecule has 0 aromatic heterocycles. The molecule has 2 unspecified atom stereocenters. The molecule has 0 saturated heterocycles. The molecule has 1 aromatic rings. The predicted octanol–water partition coefficient (Wildman–Crippen LogP) is 4.00. The Balaban J connectivity index is 2.26. The summed E-state index contributed by atoms with van der Waals surface area (Å²) in [6.07, 6.45) is 7.33. The van der Waals surface area contributed by atoms with Crippen LogP contribution in [-0.2, 0) is 0 Å². The second-order valence-corrected chi connectivity index (χ2v) is 5.28. The van der Waals surface area contributed by atoms with Crippen LogP contribution in [0.15, 0.2) is 24.3 Å². The number of benzene rings is 1. The summed E-state index contributed by atoms with van der Waals surface area (Å²) in [7, 11) is 0. The van der Waals surface area contributed by atoms with Crippen molar-refractivity contribution in [3.63, 3.8) is 0 Å². The molecule has 0 aliphatic heterocycles. The van der Waals surface area contributed by atoms with Crippen molar-refractivity contribution >= 4 is 0 Å². The molecule has 1 nitrogen and oxygen atoms in total. The minimum atomic E-state index is -0.306. The highest BCUT2D eigenvalue weighted by molar-refractivity contribution is 5.38. The van der Waals surface area contributed by atoms with Gasteiger partial charge in [0.1, 0.15) is 0 Å². The summed E-state index contributed by atoms with van der Waals surface area (Å²) < 4.78 is 0. The summed E-state index contributed by atoms with van der Waals surface area (Å²) in [5.41, 5.74) is 4.92. The van der Waals surface area contributed by atoms with Crippen molar-refractivity contribution in [2.75, 3.05) is 0 Å². The Labute approximate surface area is 104 Å². The van der Waals surface area contributed by atoms with Gasteiger partial charge < -0.3 is 5.11 Å². The molecule has 0 saturated carbocycles. The molecule has 0 bridgehead atoms. The van der Waals surface area contributed by atoms with Crippen molar-refractivity contribution in [1.82, 2.24) is 0 Å². The molecule has 2 rings (SSSR count). The summed E-state index contributed by atoms with van der Waals surface area (Å²) in [6, 6.07) is 4.35. The number of hydrogen-bond donors (Lipinski definition) is 1. The summed E-state index contributed by atoms with van der Waals surface area (Å²) in [6.45, 7) is 6.34. The van der Waals surface area contributed by atoms with Gasteiger partial charge in [-0.3, -0.25) is 0 Å². The predicted molar refractivity (Wildman–Crippen MR) is 72.1 cm³/mol. The number of rotatable bonds is 2. The standard InChI is InChI=1S/C16H22O/c1-11-9-13(3)15(10-12(11)2)16(17)14-7-5-4-6-8-14/h4-5,9-10,14,16-17H,6-8H2,1-3H3. The number of hydrogen-bond acceptors (Lipinski definition) is 1. The van der Waals surface area contributed by atoms with E-state index >= 15 is 0 Å². The van der Waals surface area contributed by atoms with Crippen LogP contribution in [-0.4, -0.2) is 5.11 Å². The summed E-state index contributed by atoms with van der Waals surface area (Å²) >= 11 is 0. The highest BCUT2D eigenvalue weighted by Gasteiger charge is 2.22. The molecule has 2 atom stereocenters. The fourth-order valence-corrected chi connectivity index (χ4v) is 2.66. The van der Waals surface area contributed by atoms with Gasteiger partial charge in [-0.1, -0.05) is 24.3 Å². The van der Waals surface area contributed by atoms with Crippen LogP contribution < -0.4 is 0 Å². The minimum Gasteiger partial charge on any atom is -0.388 e. The quantitative estimate of drug-likeness (QED) is 0.761. The summed E-state index contributed by atoms with van der Waals surface area (Å²) in [5.74, 6) is 0.390. The minimum absolute atomic E-state index is 0.306. The first-order chi connectivity index (χ1) is 8.09. The van der Waals surface area contributed by atoms with Crippen molar-refractivity contribution in [1.29, 1.82) is 0 Å². The molecule has 1 aliphatic rings. The third-order valence-electron chi connectivity index (χ3n) is 3.96. The number of allylic oxidation sites excluding steroid dienone is 2. The molecule has 0 spiro atoms. The van der Waals surface area contributed by atoms with Crippen molar-refractivity contribution in [3.05, 3.63) is 46.5 Å². The average molecular weight is 230 g/mol. The Morgan fingerprint density at radius 1 is 1.06 bits per heavy atom. The third-order valence-corrected chi connectivity index (χ3v) is 3.96. The highest BCUT2D eigenvalue weighted by atomic mass is 16.3. The van der Waals surface area contributed by atoms with Gasteiger partial charge in [-0.25, -0.2) is 0 Å². The first-order valence-electron chi connectivity index (χ1n) is 6.50. The van der Waals surface area contributed by atoms with E-state index in [0.29, 0.717) is 5.92 Å². The number of aliphatic hydroxyl groups is 1. The zero-order valence-electron chi connectivity index (χ0n) is 11.0.